The van der Waals surface area contributed by atoms with Gasteiger partial charge < -0.3 is 14.6 Å². The number of aromatic nitrogens is 1. The van der Waals surface area contributed by atoms with Crippen LogP contribution in [0.15, 0.2) is 29.2 Å². The molecular formula is C13H16N2O4. The van der Waals surface area contributed by atoms with Gasteiger partial charge in [0, 0.05) is 25.4 Å². The Morgan fingerprint density at radius 1 is 1.26 bits per heavy atom. The molecule has 19 heavy (non-hydrogen) atoms. The fourth-order valence-electron chi connectivity index (χ4n) is 2.21. The predicted octanol–water partition coefficient (Wildman–Crippen LogP) is 0.171. The number of rotatable bonds is 3. The van der Waals surface area contributed by atoms with Crippen LogP contribution in [0.4, 0.5) is 0 Å². The zero-order valence-electron chi connectivity index (χ0n) is 10.5. The summed E-state index contributed by atoms with van der Waals surface area (Å²) in [5.74, 6) is -1.30. The summed E-state index contributed by atoms with van der Waals surface area (Å²) in [6, 6.07) is 4.73. The Balaban J connectivity index is 1.94. The van der Waals surface area contributed by atoms with Crippen LogP contribution in [0.5, 0.6) is 0 Å². The third-order valence-corrected chi connectivity index (χ3v) is 3.40. The second kappa shape index (κ2) is 5.69. The van der Waals surface area contributed by atoms with E-state index in [1.807, 2.05) is 0 Å². The maximum absolute atomic E-state index is 12.0. The van der Waals surface area contributed by atoms with Gasteiger partial charge in [-0.25, -0.2) is 0 Å². The van der Waals surface area contributed by atoms with Crippen molar-refractivity contribution in [2.24, 2.45) is 5.92 Å². The van der Waals surface area contributed by atoms with Gasteiger partial charge in [-0.1, -0.05) is 6.07 Å². The van der Waals surface area contributed by atoms with E-state index in [0.29, 0.717) is 25.9 Å². The highest BCUT2D eigenvalue weighted by atomic mass is 16.4. The van der Waals surface area contributed by atoms with Gasteiger partial charge in [0.25, 0.3) is 5.56 Å². The topological polar surface area (TPSA) is 79.6 Å². The van der Waals surface area contributed by atoms with Crippen molar-refractivity contribution in [1.29, 1.82) is 0 Å². The van der Waals surface area contributed by atoms with Gasteiger partial charge in [-0.15, -0.1) is 0 Å². The number of amides is 1. The highest BCUT2D eigenvalue weighted by Gasteiger charge is 2.26. The monoisotopic (exact) mass is 264 g/mol. The largest absolute Gasteiger partial charge is 0.481 e. The van der Waals surface area contributed by atoms with E-state index >= 15 is 0 Å². The molecule has 0 radical (unpaired) electrons. The van der Waals surface area contributed by atoms with Gasteiger partial charge in [0.05, 0.1) is 5.92 Å². The molecule has 0 saturated carbocycles. The highest BCUT2D eigenvalue weighted by molar-refractivity contribution is 5.76. The predicted molar refractivity (Wildman–Crippen MR) is 67.6 cm³/mol. The van der Waals surface area contributed by atoms with Crippen molar-refractivity contribution in [3.8, 4) is 0 Å². The average Bonchev–Trinajstić information content (AvgIpc) is 2.41. The number of carboxylic acid groups (broad SMARTS) is 1. The molecule has 6 nitrogen and oxygen atoms in total. The van der Waals surface area contributed by atoms with Gasteiger partial charge in [-0.2, -0.15) is 0 Å². The summed E-state index contributed by atoms with van der Waals surface area (Å²) in [6.45, 7) is 0.895. The zero-order chi connectivity index (χ0) is 13.8. The molecule has 0 spiro atoms. The molecule has 1 aliphatic rings. The molecule has 0 aromatic carbocycles. The Morgan fingerprint density at radius 3 is 2.53 bits per heavy atom. The van der Waals surface area contributed by atoms with Crippen LogP contribution in [0.25, 0.3) is 0 Å². The normalized spacial score (nSPS) is 16.3. The zero-order valence-corrected chi connectivity index (χ0v) is 10.5. The van der Waals surface area contributed by atoms with Crippen LogP contribution >= 0.6 is 0 Å². The average molecular weight is 264 g/mol. The van der Waals surface area contributed by atoms with Crippen LogP contribution in [0.2, 0.25) is 0 Å². The summed E-state index contributed by atoms with van der Waals surface area (Å²) in [6.07, 6.45) is 2.53. The Morgan fingerprint density at radius 2 is 1.95 bits per heavy atom. The Bertz CT molecular complexity index is 529. The molecule has 1 saturated heterocycles. The van der Waals surface area contributed by atoms with E-state index in [1.54, 1.807) is 23.2 Å². The minimum atomic E-state index is -0.800. The standard InChI is InChI=1S/C13H16N2O4/c16-11-3-1-2-6-15(11)9-12(17)14-7-4-10(5-8-14)13(18)19/h1-3,6,10H,4-5,7-9H2,(H,18,19). The van der Waals surface area contributed by atoms with Crippen molar-refractivity contribution in [3.63, 3.8) is 0 Å². The Kier molecular flexibility index (Phi) is 3.99. The number of carbonyl (C=O) groups excluding carboxylic acids is 1. The van der Waals surface area contributed by atoms with Crippen molar-refractivity contribution in [2.75, 3.05) is 13.1 Å². The lowest BCUT2D eigenvalue weighted by atomic mass is 9.97. The van der Waals surface area contributed by atoms with Gasteiger partial charge in [-0.3, -0.25) is 14.4 Å². The molecule has 1 aromatic rings. The van der Waals surface area contributed by atoms with E-state index in [2.05, 4.69) is 0 Å². The van der Waals surface area contributed by atoms with Crippen molar-refractivity contribution >= 4 is 11.9 Å². The number of likely N-dealkylation sites (tertiary alicyclic amines) is 1. The third kappa shape index (κ3) is 3.21. The third-order valence-electron chi connectivity index (χ3n) is 3.40. The molecule has 1 amide bonds. The van der Waals surface area contributed by atoms with Gasteiger partial charge in [0.1, 0.15) is 6.54 Å². The fraction of sp³-hybridized carbons (Fsp3) is 0.462. The van der Waals surface area contributed by atoms with Crippen molar-refractivity contribution < 1.29 is 14.7 Å². The van der Waals surface area contributed by atoms with Crippen molar-refractivity contribution in [1.82, 2.24) is 9.47 Å². The number of nitrogens with zero attached hydrogens (tertiary/aromatic N) is 2. The van der Waals surface area contributed by atoms with Crippen LogP contribution < -0.4 is 5.56 Å². The van der Waals surface area contributed by atoms with Gasteiger partial charge in [0.15, 0.2) is 0 Å². The molecule has 6 heteroatoms. The van der Waals surface area contributed by atoms with Gasteiger partial charge >= 0.3 is 5.97 Å². The van der Waals surface area contributed by atoms with Crippen molar-refractivity contribution in [2.45, 2.75) is 19.4 Å². The molecule has 102 valence electrons. The minimum Gasteiger partial charge on any atom is -0.481 e. The van der Waals surface area contributed by atoms with E-state index in [-0.39, 0.29) is 23.9 Å². The van der Waals surface area contributed by atoms with Gasteiger partial charge in [-0.05, 0) is 18.9 Å². The molecule has 0 unspecified atom stereocenters. The Labute approximate surface area is 110 Å². The quantitative estimate of drug-likeness (QED) is 0.844. The first-order valence-corrected chi connectivity index (χ1v) is 6.24. The highest BCUT2D eigenvalue weighted by Crippen LogP contribution is 2.17. The summed E-state index contributed by atoms with van der Waals surface area (Å²) in [4.78, 5) is 35.9. The molecule has 1 aromatic heterocycles. The van der Waals surface area contributed by atoms with E-state index < -0.39 is 5.97 Å². The van der Waals surface area contributed by atoms with Crippen LogP contribution in [0, 0.1) is 5.92 Å². The van der Waals surface area contributed by atoms with E-state index in [0.717, 1.165) is 0 Å². The molecule has 1 aliphatic heterocycles. The number of pyridine rings is 1. The molecule has 1 N–H and O–H groups in total. The molecule has 2 heterocycles. The number of carbonyl (C=O) groups is 2. The maximum Gasteiger partial charge on any atom is 0.306 e. The van der Waals surface area contributed by atoms with Crippen LogP contribution in [-0.4, -0.2) is 39.5 Å². The number of carboxylic acids is 1. The SMILES string of the molecule is O=C(O)C1CCN(C(=O)Cn2ccccc2=O)CC1. The lowest BCUT2D eigenvalue weighted by molar-refractivity contribution is -0.145. The van der Waals surface area contributed by atoms with E-state index in [1.165, 1.54) is 10.6 Å². The van der Waals surface area contributed by atoms with Crippen LogP contribution in [-0.2, 0) is 16.1 Å². The molecule has 0 atom stereocenters. The summed E-state index contributed by atoms with van der Waals surface area (Å²) in [5.41, 5.74) is -0.212. The number of hydrogen-bond donors (Lipinski definition) is 1. The number of hydrogen-bond acceptors (Lipinski definition) is 3. The van der Waals surface area contributed by atoms with Crippen LogP contribution in [0.3, 0.4) is 0 Å². The molecule has 0 bridgehead atoms. The summed E-state index contributed by atoms with van der Waals surface area (Å²) in [7, 11) is 0. The maximum atomic E-state index is 12.0. The summed E-state index contributed by atoms with van der Waals surface area (Å²) in [5, 5.41) is 8.89. The van der Waals surface area contributed by atoms with Crippen LogP contribution in [0.1, 0.15) is 12.8 Å². The fourth-order valence-corrected chi connectivity index (χ4v) is 2.21. The Hall–Kier alpha value is -2.11. The first kappa shape index (κ1) is 13.3. The first-order chi connectivity index (χ1) is 9.08. The van der Waals surface area contributed by atoms with Gasteiger partial charge in [0.2, 0.25) is 5.91 Å². The second-order valence-corrected chi connectivity index (χ2v) is 4.66. The lowest BCUT2D eigenvalue weighted by Gasteiger charge is -2.30. The van der Waals surface area contributed by atoms with Crippen molar-refractivity contribution in [3.05, 3.63) is 34.7 Å². The molecule has 2 rings (SSSR count). The second-order valence-electron chi connectivity index (χ2n) is 4.66. The molecular weight excluding hydrogens is 248 g/mol. The number of aliphatic carboxylic acids is 1. The minimum absolute atomic E-state index is 0.0113. The summed E-state index contributed by atoms with van der Waals surface area (Å²) >= 11 is 0. The van der Waals surface area contributed by atoms with E-state index in [4.69, 9.17) is 5.11 Å². The summed E-state index contributed by atoms with van der Waals surface area (Å²) < 4.78 is 1.35. The van der Waals surface area contributed by atoms with E-state index in [9.17, 15) is 14.4 Å². The smallest absolute Gasteiger partial charge is 0.306 e. The molecule has 0 aliphatic carbocycles. The first-order valence-electron chi connectivity index (χ1n) is 6.24. The molecule has 1 fully saturated rings. The lowest BCUT2D eigenvalue weighted by Crippen LogP contribution is -2.42. The number of piperidine rings is 1.